The largest absolute Gasteiger partial charge is 0.338 e. The van der Waals surface area contributed by atoms with E-state index in [1.54, 1.807) is 5.57 Å². The van der Waals surface area contributed by atoms with Crippen LogP contribution in [0.5, 0.6) is 0 Å². The minimum atomic E-state index is -0.0687. The van der Waals surface area contributed by atoms with Crippen molar-refractivity contribution in [3.63, 3.8) is 0 Å². The van der Waals surface area contributed by atoms with Crippen molar-refractivity contribution in [2.24, 2.45) is 0 Å². The molecule has 5 aromatic rings. The lowest BCUT2D eigenvalue weighted by Gasteiger charge is -2.32. The fourth-order valence-corrected chi connectivity index (χ4v) is 7.70. The Morgan fingerprint density at radius 1 is 0.884 bits per heavy atom. The van der Waals surface area contributed by atoms with Crippen molar-refractivity contribution in [1.82, 2.24) is 14.5 Å². The van der Waals surface area contributed by atoms with E-state index in [0.29, 0.717) is 13.1 Å². The van der Waals surface area contributed by atoms with Crippen molar-refractivity contribution in [3.8, 4) is 0 Å². The van der Waals surface area contributed by atoms with Gasteiger partial charge in [0.1, 0.15) is 0 Å². The topological polar surface area (TPSA) is 58.1 Å². The lowest BCUT2D eigenvalue weighted by molar-refractivity contribution is 0.0695. The van der Waals surface area contributed by atoms with Crippen LogP contribution in [0.15, 0.2) is 101 Å². The van der Waals surface area contributed by atoms with E-state index in [2.05, 4.69) is 59.6 Å². The molecule has 1 N–H and O–H groups in total. The van der Waals surface area contributed by atoms with Gasteiger partial charge in [0.25, 0.3) is 5.91 Å². The number of imidazole rings is 1. The number of allylic oxidation sites excluding steroid dienone is 4. The monoisotopic (exact) mass is 565 g/mol. The molecule has 0 saturated carbocycles. The maximum atomic E-state index is 13.7. The second-order valence-electron chi connectivity index (χ2n) is 12.3. The summed E-state index contributed by atoms with van der Waals surface area (Å²) < 4.78 is 1.88. The first-order chi connectivity index (χ1) is 21.1. The van der Waals surface area contributed by atoms with Crippen LogP contribution in [0.2, 0.25) is 0 Å². The van der Waals surface area contributed by atoms with Crippen molar-refractivity contribution in [1.29, 1.82) is 0 Å². The van der Waals surface area contributed by atoms with Gasteiger partial charge in [-0.15, -0.1) is 0 Å². The Bertz CT molecular complexity index is 2020. The third-order valence-corrected chi connectivity index (χ3v) is 9.79. The number of H-pyrrole nitrogens is 1. The molecule has 1 aromatic heterocycles. The highest BCUT2D eigenvalue weighted by Crippen LogP contribution is 2.41. The second-order valence-corrected chi connectivity index (χ2v) is 12.3. The number of aromatic nitrogens is 2. The molecule has 4 aromatic carbocycles. The normalized spacial score (nSPS) is 17.0. The number of hydrogen-bond donors (Lipinski definition) is 1. The summed E-state index contributed by atoms with van der Waals surface area (Å²) in [5, 5.41) is 2.68. The quantitative estimate of drug-likeness (QED) is 0.244. The molecule has 0 atom stereocenters. The Morgan fingerprint density at radius 2 is 1.74 bits per heavy atom. The van der Waals surface area contributed by atoms with Crippen LogP contribution in [0.1, 0.15) is 70.8 Å². The van der Waals surface area contributed by atoms with Crippen molar-refractivity contribution < 1.29 is 4.79 Å². The summed E-state index contributed by atoms with van der Waals surface area (Å²) >= 11 is 0. The Kier molecular flexibility index (Phi) is 6.40. The number of carbonyl (C=O) groups excluding carboxylic acids is 1. The molecule has 0 bridgehead atoms. The number of amides is 1. The van der Waals surface area contributed by atoms with Crippen LogP contribution in [0, 0.1) is 0 Å². The summed E-state index contributed by atoms with van der Waals surface area (Å²) in [6, 6.07) is 27.4. The molecule has 0 unspecified atom stereocenters. The molecule has 3 aliphatic rings. The van der Waals surface area contributed by atoms with Crippen LogP contribution >= 0.6 is 0 Å². The van der Waals surface area contributed by atoms with Crippen LogP contribution in [0.25, 0.3) is 27.4 Å². The first kappa shape index (κ1) is 26.0. The third-order valence-electron chi connectivity index (χ3n) is 9.79. The fraction of sp³-hybridized carbons (Fsp3) is 0.263. The third kappa shape index (κ3) is 4.55. The number of aryl methyl sites for hydroxylation is 1. The number of carbonyl (C=O) groups is 1. The van der Waals surface area contributed by atoms with E-state index >= 15 is 0 Å². The van der Waals surface area contributed by atoms with Crippen LogP contribution in [0.3, 0.4) is 0 Å². The molecule has 1 fully saturated rings. The molecule has 214 valence electrons. The second kappa shape index (κ2) is 10.6. The predicted octanol–water partition coefficient (Wildman–Crippen LogP) is 7.60. The minimum Gasteiger partial charge on any atom is -0.338 e. The average Bonchev–Trinajstić information content (AvgIpc) is 3.40. The summed E-state index contributed by atoms with van der Waals surface area (Å²) in [6.07, 6.45) is 11.6. The number of aromatic amines is 1. The first-order valence-corrected chi connectivity index (χ1v) is 15.6. The van der Waals surface area contributed by atoms with Gasteiger partial charge in [-0.1, -0.05) is 72.3 Å². The van der Waals surface area contributed by atoms with Crippen molar-refractivity contribution in [2.75, 3.05) is 13.1 Å². The van der Waals surface area contributed by atoms with E-state index in [-0.39, 0.29) is 17.6 Å². The zero-order valence-electron chi connectivity index (χ0n) is 24.3. The van der Waals surface area contributed by atoms with Gasteiger partial charge < -0.3 is 9.88 Å². The SMILES string of the molecule is O=C(c1cccc(Cc2cccc3ccc4c(c23)CCC2=C4C=CCC2)c1)N1CCC(n2c(=O)[nH]c3ccccc32)CC1. The summed E-state index contributed by atoms with van der Waals surface area (Å²) in [7, 11) is 0. The number of piperidine rings is 1. The molecule has 0 radical (unpaired) electrons. The number of hydrogen-bond acceptors (Lipinski definition) is 2. The molecule has 2 aliphatic carbocycles. The number of likely N-dealkylation sites (tertiary alicyclic amines) is 1. The Hall–Kier alpha value is -4.64. The van der Waals surface area contributed by atoms with Crippen LogP contribution in [-0.2, 0) is 12.8 Å². The lowest BCUT2D eigenvalue weighted by Crippen LogP contribution is -2.40. The van der Waals surface area contributed by atoms with Gasteiger partial charge in [0.05, 0.1) is 11.0 Å². The molecular weight excluding hydrogens is 530 g/mol. The number of benzene rings is 4. The minimum absolute atomic E-state index is 0.0687. The molecule has 0 spiro atoms. The molecular formula is C38H35N3O2. The van der Waals surface area contributed by atoms with Gasteiger partial charge in [0.2, 0.25) is 0 Å². The summed E-state index contributed by atoms with van der Waals surface area (Å²) in [6.45, 7) is 1.28. The highest BCUT2D eigenvalue weighted by Gasteiger charge is 2.27. The predicted molar refractivity (Wildman–Crippen MR) is 174 cm³/mol. The summed E-state index contributed by atoms with van der Waals surface area (Å²) in [5.74, 6) is 0.0745. The van der Waals surface area contributed by atoms with E-state index in [4.69, 9.17) is 0 Å². The summed E-state index contributed by atoms with van der Waals surface area (Å²) in [5.41, 5.74) is 10.9. The molecule has 5 nitrogen and oxygen atoms in total. The molecule has 8 rings (SSSR count). The number of fused-ring (bicyclic) bond motifs is 5. The number of rotatable bonds is 4. The lowest BCUT2D eigenvalue weighted by atomic mass is 9.78. The Morgan fingerprint density at radius 3 is 2.65 bits per heavy atom. The van der Waals surface area contributed by atoms with Crippen LogP contribution in [-0.4, -0.2) is 33.4 Å². The summed E-state index contributed by atoms with van der Waals surface area (Å²) in [4.78, 5) is 31.3. The van der Waals surface area contributed by atoms with Crippen LogP contribution in [0.4, 0.5) is 0 Å². The molecule has 43 heavy (non-hydrogen) atoms. The first-order valence-electron chi connectivity index (χ1n) is 15.6. The zero-order chi connectivity index (χ0) is 28.9. The maximum absolute atomic E-state index is 13.7. The van der Waals surface area contributed by atoms with Crippen molar-refractivity contribution >= 4 is 33.3 Å². The highest BCUT2D eigenvalue weighted by atomic mass is 16.2. The Labute approximate surface area is 251 Å². The van der Waals surface area contributed by atoms with Gasteiger partial charge >= 0.3 is 5.69 Å². The van der Waals surface area contributed by atoms with Gasteiger partial charge in [-0.2, -0.15) is 0 Å². The average molecular weight is 566 g/mol. The Balaban J connectivity index is 1.03. The highest BCUT2D eigenvalue weighted by molar-refractivity contribution is 5.96. The molecule has 2 heterocycles. The van der Waals surface area contributed by atoms with E-state index in [1.807, 2.05) is 45.9 Å². The molecule has 1 amide bonds. The van der Waals surface area contributed by atoms with Gasteiger partial charge in [0.15, 0.2) is 0 Å². The van der Waals surface area contributed by atoms with E-state index in [1.165, 1.54) is 39.5 Å². The zero-order valence-corrected chi connectivity index (χ0v) is 24.3. The van der Waals surface area contributed by atoms with Gasteiger partial charge in [-0.3, -0.25) is 9.36 Å². The van der Waals surface area contributed by atoms with E-state index in [0.717, 1.165) is 60.7 Å². The number of para-hydroxylation sites is 2. The molecule has 5 heteroatoms. The van der Waals surface area contributed by atoms with Crippen molar-refractivity contribution in [2.45, 2.75) is 51.0 Å². The van der Waals surface area contributed by atoms with Gasteiger partial charge in [-0.25, -0.2) is 4.79 Å². The standard InChI is InChI=1S/C38H35N3O2/c42-37(40-21-19-30(20-22-40)41-35-14-4-3-13-34(35)39-38(41)43)29-11-5-7-25(24-29)23-28-10-6-9-27-16-17-32-31-12-2-1-8-26(31)15-18-33(32)36(27)28/h2-7,9-14,16-17,24,30H,1,8,15,18-23H2,(H,39,43). The number of nitrogens with zero attached hydrogens (tertiary/aromatic N) is 2. The van der Waals surface area contributed by atoms with E-state index in [9.17, 15) is 9.59 Å². The fourth-order valence-electron chi connectivity index (χ4n) is 7.70. The van der Waals surface area contributed by atoms with E-state index < -0.39 is 0 Å². The number of nitrogens with one attached hydrogen (secondary N) is 1. The van der Waals surface area contributed by atoms with Gasteiger partial charge in [0, 0.05) is 24.7 Å². The van der Waals surface area contributed by atoms with Crippen molar-refractivity contribution in [3.05, 3.63) is 135 Å². The smallest absolute Gasteiger partial charge is 0.326 e. The molecule has 1 saturated heterocycles. The molecule has 1 aliphatic heterocycles. The maximum Gasteiger partial charge on any atom is 0.326 e. The van der Waals surface area contributed by atoms with Crippen LogP contribution < -0.4 is 5.69 Å². The van der Waals surface area contributed by atoms with Gasteiger partial charge in [-0.05, 0) is 108 Å².